The molecule has 0 unspecified atom stereocenters. The quantitative estimate of drug-likeness (QED) is 0.748. The molecule has 0 bridgehead atoms. The van der Waals surface area contributed by atoms with Crippen molar-refractivity contribution < 1.29 is 19.0 Å². The zero-order valence-electron chi connectivity index (χ0n) is 16.6. The van der Waals surface area contributed by atoms with E-state index >= 15 is 0 Å². The van der Waals surface area contributed by atoms with Crippen LogP contribution in [0.3, 0.4) is 0 Å². The molecule has 27 heavy (non-hydrogen) atoms. The van der Waals surface area contributed by atoms with Crippen LogP contribution in [-0.4, -0.2) is 26.2 Å². The van der Waals surface area contributed by atoms with Crippen LogP contribution in [-0.2, 0) is 4.79 Å². The van der Waals surface area contributed by atoms with E-state index in [2.05, 4.69) is 5.32 Å². The molecule has 0 aliphatic rings. The van der Waals surface area contributed by atoms with Gasteiger partial charge in [-0.05, 0) is 68.7 Å². The van der Waals surface area contributed by atoms with Crippen LogP contribution in [0.2, 0.25) is 5.02 Å². The van der Waals surface area contributed by atoms with Crippen molar-refractivity contribution in [1.29, 1.82) is 0 Å². The van der Waals surface area contributed by atoms with E-state index in [0.717, 1.165) is 16.7 Å². The number of amides is 1. The minimum Gasteiger partial charge on any atom is -0.493 e. The van der Waals surface area contributed by atoms with Gasteiger partial charge >= 0.3 is 0 Å². The number of carbonyl (C=O) groups excluding carboxylic acids is 1. The average Bonchev–Trinajstić information content (AvgIpc) is 2.65. The molecule has 0 aliphatic carbocycles. The Kier molecular flexibility index (Phi) is 6.97. The normalized spacial score (nSPS) is 12.9. The fourth-order valence-corrected chi connectivity index (χ4v) is 2.88. The van der Waals surface area contributed by atoms with E-state index in [1.807, 2.05) is 51.1 Å². The standard InChI is InChI=1S/C21H26ClNO4/c1-12-9-17(10-13(2)20(12)22)27-15(4)21(24)23-14(3)16-7-8-18(25-5)19(11-16)26-6/h7-11,14-15H,1-6H3,(H,23,24)/t14-,15-/m1/s1. The van der Waals surface area contributed by atoms with Crippen molar-refractivity contribution in [3.8, 4) is 17.2 Å². The molecule has 6 heteroatoms. The zero-order chi connectivity index (χ0) is 20.1. The number of rotatable bonds is 7. The summed E-state index contributed by atoms with van der Waals surface area (Å²) in [5.74, 6) is 1.68. The van der Waals surface area contributed by atoms with Gasteiger partial charge in [0, 0.05) is 5.02 Å². The number of hydrogen-bond donors (Lipinski definition) is 1. The van der Waals surface area contributed by atoms with Crippen LogP contribution in [0.4, 0.5) is 0 Å². The molecule has 1 N–H and O–H groups in total. The van der Waals surface area contributed by atoms with Gasteiger partial charge in [-0.2, -0.15) is 0 Å². The molecule has 2 aromatic carbocycles. The molecule has 5 nitrogen and oxygen atoms in total. The molecular formula is C21H26ClNO4. The van der Waals surface area contributed by atoms with E-state index in [4.69, 9.17) is 25.8 Å². The highest BCUT2D eigenvalue weighted by Crippen LogP contribution is 2.30. The number of hydrogen-bond acceptors (Lipinski definition) is 4. The summed E-state index contributed by atoms with van der Waals surface area (Å²) < 4.78 is 16.4. The van der Waals surface area contributed by atoms with Crippen LogP contribution in [0.5, 0.6) is 17.2 Å². The lowest BCUT2D eigenvalue weighted by Crippen LogP contribution is -2.37. The van der Waals surface area contributed by atoms with Gasteiger partial charge in [-0.15, -0.1) is 0 Å². The Morgan fingerprint density at radius 3 is 2.15 bits per heavy atom. The monoisotopic (exact) mass is 391 g/mol. The van der Waals surface area contributed by atoms with E-state index in [-0.39, 0.29) is 11.9 Å². The first kappa shape index (κ1) is 20.9. The van der Waals surface area contributed by atoms with Crippen molar-refractivity contribution in [2.75, 3.05) is 14.2 Å². The maximum absolute atomic E-state index is 12.5. The summed E-state index contributed by atoms with van der Waals surface area (Å²) in [5.41, 5.74) is 2.74. The smallest absolute Gasteiger partial charge is 0.261 e. The summed E-state index contributed by atoms with van der Waals surface area (Å²) in [4.78, 5) is 12.5. The van der Waals surface area contributed by atoms with Crippen molar-refractivity contribution in [3.63, 3.8) is 0 Å². The summed E-state index contributed by atoms with van der Waals surface area (Å²) in [5, 5.41) is 3.67. The first-order valence-electron chi connectivity index (χ1n) is 8.72. The lowest BCUT2D eigenvalue weighted by Gasteiger charge is -2.20. The Bertz CT molecular complexity index is 799. The lowest BCUT2D eigenvalue weighted by molar-refractivity contribution is -0.127. The molecule has 2 atom stereocenters. The third-order valence-corrected chi connectivity index (χ3v) is 4.95. The Morgan fingerprint density at radius 1 is 1.00 bits per heavy atom. The van der Waals surface area contributed by atoms with E-state index < -0.39 is 6.10 Å². The van der Waals surface area contributed by atoms with E-state index in [9.17, 15) is 4.79 Å². The summed E-state index contributed by atoms with van der Waals surface area (Å²) in [7, 11) is 3.17. The van der Waals surface area contributed by atoms with Gasteiger partial charge in [0.25, 0.3) is 5.91 Å². The molecular weight excluding hydrogens is 366 g/mol. The third-order valence-electron chi connectivity index (χ3n) is 4.36. The molecule has 0 aliphatic heterocycles. The second-order valence-corrected chi connectivity index (χ2v) is 6.85. The second-order valence-electron chi connectivity index (χ2n) is 6.48. The number of carbonyl (C=O) groups is 1. The number of benzene rings is 2. The molecule has 1 amide bonds. The number of nitrogens with one attached hydrogen (secondary N) is 1. The maximum Gasteiger partial charge on any atom is 0.261 e. The van der Waals surface area contributed by atoms with Crippen LogP contribution < -0.4 is 19.5 Å². The second kappa shape index (κ2) is 9.00. The fourth-order valence-electron chi connectivity index (χ4n) is 2.77. The molecule has 0 saturated carbocycles. The predicted octanol–water partition coefficient (Wildman–Crippen LogP) is 4.62. The van der Waals surface area contributed by atoms with Gasteiger partial charge in [0.2, 0.25) is 0 Å². The van der Waals surface area contributed by atoms with Gasteiger partial charge in [0.05, 0.1) is 20.3 Å². The number of methoxy groups -OCH3 is 2. The van der Waals surface area contributed by atoms with Gasteiger partial charge in [-0.25, -0.2) is 0 Å². The predicted molar refractivity (Wildman–Crippen MR) is 107 cm³/mol. The van der Waals surface area contributed by atoms with Crippen molar-refractivity contribution in [2.24, 2.45) is 0 Å². The summed E-state index contributed by atoms with van der Waals surface area (Å²) >= 11 is 6.18. The lowest BCUT2D eigenvalue weighted by atomic mass is 10.1. The zero-order valence-corrected chi connectivity index (χ0v) is 17.3. The van der Waals surface area contributed by atoms with Crippen molar-refractivity contribution in [3.05, 3.63) is 52.0 Å². The van der Waals surface area contributed by atoms with Gasteiger partial charge in [0.1, 0.15) is 5.75 Å². The highest BCUT2D eigenvalue weighted by molar-refractivity contribution is 6.32. The van der Waals surface area contributed by atoms with Gasteiger partial charge in [0.15, 0.2) is 17.6 Å². The van der Waals surface area contributed by atoms with Crippen molar-refractivity contribution in [1.82, 2.24) is 5.32 Å². The first-order chi connectivity index (χ1) is 12.8. The van der Waals surface area contributed by atoms with Gasteiger partial charge < -0.3 is 19.5 Å². The van der Waals surface area contributed by atoms with Crippen molar-refractivity contribution >= 4 is 17.5 Å². The highest BCUT2D eigenvalue weighted by atomic mass is 35.5. The Labute approximate surface area is 165 Å². The van der Waals surface area contributed by atoms with E-state index in [1.54, 1.807) is 21.1 Å². The minimum absolute atomic E-state index is 0.206. The average molecular weight is 392 g/mol. The largest absolute Gasteiger partial charge is 0.493 e. The van der Waals surface area contributed by atoms with Crippen LogP contribution >= 0.6 is 11.6 Å². The summed E-state index contributed by atoms with van der Waals surface area (Å²) in [6.45, 7) is 7.44. The molecule has 0 saturated heterocycles. The maximum atomic E-state index is 12.5. The van der Waals surface area contributed by atoms with Gasteiger partial charge in [-0.1, -0.05) is 17.7 Å². The van der Waals surface area contributed by atoms with Crippen molar-refractivity contribution in [2.45, 2.75) is 39.8 Å². The number of aryl methyl sites for hydroxylation is 2. The minimum atomic E-state index is -0.646. The summed E-state index contributed by atoms with van der Waals surface area (Å²) in [6.07, 6.45) is -0.646. The van der Waals surface area contributed by atoms with Crippen LogP contribution in [0.25, 0.3) is 0 Å². The van der Waals surface area contributed by atoms with Crippen LogP contribution in [0.1, 0.15) is 36.6 Å². The summed E-state index contributed by atoms with van der Waals surface area (Å²) in [6, 6.07) is 9.01. The number of ether oxygens (including phenoxy) is 3. The Hall–Kier alpha value is -2.40. The third kappa shape index (κ3) is 5.07. The highest BCUT2D eigenvalue weighted by Gasteiger charge is 2.19. The molecule has 2 rings (SSSR count). The molecule has 146 valence electrons. The van der Waals surface area contributed by atoms with Crippen LogP contribution in [0.15, 0.2) is 30.3 Å². The molecule has 2 aromatic rings. The van der Waals surface area contributed by atoms with E-state index in [1.165, 1.54) is 0 Å². The number of halogens is 1. The fraction of sp³-hybridized carbons (Fsp3) is 0.381. The molecule has 0 aromatic heterocycles. The Morgan fingerprint density at radius 2 is 1.59 bits per heavy atom. The SMILES string of the molecule is COc1ccc([C@@H](C)NC(=O)[C@@H](C)Oc2cc(C)c(Cl)c(C)c2)cc1OC. The van der Waals surface area contributed by atoms with Gasteiger partial charge in [-0.3, -0.25) is 4.79 Å². The molecule has 0 fully saturated rings. The topological polar surface area (TPSA) is 56.8 Å². The molecule has 0 heterocycles. The van der Waals surface area contributed by atoms with E-state index in [0.29, 0.717) is 22.3 Å². The molecule has 0 radical (unpaired) electrons. The molecule has 0 spiro atoms. The van der Waals surface area contributed by atoms with Crippen LogP contribution in [0, 0.1) is 13.8 Å². The Balaban J connectivity index is 2.05. The first-order valence-corrected chi connectivity index (χ1v) is 9.10.